The molecule has 0 radical (unpaired) electrons. The van der Waals surface area contributed by atoms with Crippen LogP contribution in [0.3, 0.4) is 0 Å². The maximum Gasteiger partial charge on any atom is 0.417 e. The second-order valence-electron chi connectivity index (χ2n) is 4.51. The fourth-order valence-corrected chi connectivity index (χ4v) is 2.66. The lowest BCUT2D eigenvalue weighted by Gasteiger charge is -2.11. The second-order valence-corrected chi connectivity index (χ2v) is 6.20. The van der Waals surface area contributed by atoms with Gasteiger partial charge in [0.2, 0.25) is 0 Å². The zero-order chi connectivity index (χ0) is 15.6. The molecule has 0 fully saturated rings. The van der Waals surface area contributed by atoms with E-state index < -0.39 is 6.09 Å². The van der Waals surface area contributed by atoms with Crippen LogP contribution in [0, 0.1) is 13.8 Å². The van der Waals surface area contributed by atoms with Crippen molar-refractivity contribution >= 4 is 50.9 Å². The highest BCUT2D eigenvalue weighted by atomic mass is 79.9. The van der Waals surface area contributed by atoms with Gasteiger partial charge >= 0.3 is 6.09 Å². The first kappa shape index (κ1) is 16.1. The molecular formula is C15H12BrCl2NO2. The van der Waals surface area contributed by atoms with Gasteiger partial charge in [0.25, 0.3) is 0 Å². The van der Waals surface area contributed by atoms with Crippen LogP contribution in [-0.2, 0) is 0 Å². The van der Waals surface area contributed by atoms with Gasteiger partial charge in [-0.3, -0.25) is 5.32 Å². The monoisotopic (exact) mass is 387 g/mol. The fourth-order valence-electron chi connectivity index (χ4n) is 1.71. The molecule has 21 heavy (non-hydrogen) atoms. The highest BCUT2D eigenvalue weighted by Gasteiger charge is 2.11. The minimum Gasteiger partial charge on any atom is -0.409 e. The summed E-state index contributed by atoms with van der Waals surface area (Å²) in [7, 11) is 0. The summed E-state index contributed by atoms with van der Waals surface area (Å²) < 4.78 is 5.89. The van der Waals surface area contributed by atoms with E-state index >= 15 is 0 Å². The summed E-state index contributed by atoms with van der Waals surface area (Å²) in [6.45, 7) is 3.69. The zero-order valence-electron chi connectivity index (χ0n) is 11.3. The van der Waals surface area contributed by atoms with Crippen LogP contribution in [-0.4, -0.2) is 6.09 Å². The molecule has 110 valence electrons. The quantitative estimate of drug-likeness (QED) is 0.686. The summed E-state index contributed by atoms with van der Waals surface area (Å²) in [5.41, 5.74) is 2.32. The average Bonchev–Trinajstić information content (AvgIpc) is 2.39. The molecule has 6 heteroatoms. The van der Waals surface area contributed by atoms with E-state index in [-0.39, 0.29) is 0 Å². The minimum absolute atomic E-state index is 0.404. The van der Waals surface area contributed by atoms with E-state index in [4.69, 9.17) is 27.9 Å². The molecule has 1 amide bonds. The Bertz CT molecular complexity index is 704. The van der Waals surface area contributed by atoms with E-state index in [1.807, 2.05) is 13.8 Å². The first-order valence-corrected chi connectivity index (χ1v) is 7.62. The van der Waals surface area contributed by atoms with E-state index in [1.54, 1.807) is 30.3 Å². The standard InChI is InChI=1S/C15H12BrCl2NO2/c1-8-6-14(11(16)7-12(8)18)21-15(20)19-13-4-3-10(17)5-9(13)2/h3-7H,1-2H3,(H,19,20). The van der Waals surface area contributed by atoms with Gasteiger partial charge in [-0.1, -0.05) is 23.2 Å². The Hall–Kier alpha value is -1.23. The minimum atomic E-state index is -0.581. The van der Waals surface area contributed by atoms with E-state index in [1.165, 1.54) is 0 Å². The lowest BCUT2D eigenvalue weighted by atomic mass is 10.2. The topological polar surface area (TPSA) is 38.3 Å². The van der Waals surface area contributed by atoms with Crippen molar-refractivity contribution in [1.82, 2.24) is 0 Å². The van der Waals surface area contributed by atoms with Crippen LogP contribution in [0.2, 0.25) is 10.0 Å². The van der Waals surface area contributed by atoms with E-state index in [0.717, 1.165) is 11.1 Å². The Balaban J connectivity index is 2.13. The second kappa shape index (κ2) is 6.69. The molecule has 0 saturated carbocycles. The maximum absolute atomic E-state index is 11.9. The number of ether oxygens (including phenoxy) is 1. The Kier molecular flexibility index (Phi) is 5.14. The highest BCUT2D eigenvalue weighted by Crippen LogP contribution is 2.31. The molecule has 1 N–H and O–H groups in total. The predicted molar refractivity (Wildman–Crippen MR) is 89.7 cm³/mol. The Morgan fingerprint density at radius 1 is 1.14 bits per heavy atom. The molecule has 2 aromatic carbocycles. The van der Waals surface area contributed by atoms with E-state index in [0.29, 0.717) is 26.0 Å². The van der Waals surface area contributed by atoms with Crippen LogP contribution in [0.15, 0.2) is 34.8 Å². The van der Waals surface area contributed by atoms with Gasteiger partial charge in [-0.25, -0.2) is 4.79 Å². The van der Waals surface area contributed by atoms with Crippen LogP contribution < -0.4 is 10.1 Å². The molecule has 0 aliphatic carbocycles. The number of hydrogen-bond acceptors (Lipinski definition) is 2. The number of nitrogens with one attached hydrogen (secondary N) is 1. The van der Waals surface area contributed by atoms with Crippen LogP contribution in [0.1, 0.15) is 11.1 Å². The number of anilines is 1. The molecule has 3 nitrogen and oxygen atoms in total. The fraction of sp³-hybridized carbons (Fsp3) is 0.133. The lowest BCUT2D eigenvalue weighted by Crippen LogP contribution is -2.17. The summed E-state index contributed by atoms with van der Waals surface area (Å²) in [5, 5.41) is 3.89. The lowest BCUT2D eigenvalue weighted by molar-refractivity contribution is 0.215. The van der Waals surface area contributed by atoms with Crippen LogP contribution in [0.25, 0.3) is 0 Å². The summed E-state index contributed by atoms with van der Waals surface area (Å²) in [5.74, 6) is 0.404. The van der Waals surface area contributed by atoms with Crippen molar-refractivity contribution in [1.29, 1.82) is 0 Å². The van der Waals surface area contributed by atoms with Crippen molar-refractivity contribution < 1.29 is 9.53 Å². The molecule has 0 aliphatic heterocycles. The van der Waals surface area contributed by atoms with Gasteiger partial charge in [0.1, 0.15) is 5.75 Å². The van der Waals surface area contributed by atoms with Gasteiger partial charge in [0.05, 0.1) is 4.47 Å². The third-order valence-electron chi connectivity index (χ3n) is 2.84. The molecule has 0 atom stereocenters. The Morgan fingerprint density at radius 3 is 2.52 bits per heavy atom. The maximum atomic E-state index is 11.9. The number of amides is 1. The zero-order valence-corrected chi connectivity index (χ0v) is 14.4. The number of carbonyl (C=O) groups is 1. The number of benzene rings is 2. The third kappa shape index (κ3) is 4.13. The molecule has 0 heterocycles. The van der Waals surface area contributed by atoms with Gasteiger partial charge in [0.15, 0.2) is 0 Å². The molecule has 0 aromatic heterocycles. The largest absolute Gasteiger partial charge is 0.417 e. The number of carbonyl (C=O) groups excluding carboxylic acids is 1. The van der Waals surface area contributed by atoms with Crippen molar-refractivity contribution in [2.75, 3.05) is 5.32 Å². The molecule has 0 saturated heterocycles. The number of rotatable bonds is 2. The van der Waals surface area contributed by atoms with Crippen LogP contribution >= 0.6 is 39.1 Å². The summed E-state index contributed by atoms with van der Waals surface area (Å²) >= 11 is 15.2. The normalized spacial score (nSPS) is 10.3. The van der Waals surface area contributed by atoms with Crippen LogP contribution in [0.4, 0.5) is 10.5 Å². The SMILES string of the molecule is Cc1cc(OC(=O)Nc2ccc(Cl)cc2C)c(Br)cc1Cl. The van der Waals surface area contributed by atoms with Crippen LogP contribution in [0.5, 0.6) is 5.75 Å². The first-order chi connectivity index (χ1) is 9.86. The number of hydrogen-bond donors (Lipinski definition) is 1. The molecule has 2 rings (SSSR count). The first-order valence-electron chi connectivity index (χ1n) is 6.07. The highest BCUT2D eigenvalue weighted by molar-refractivity contribution is 9.10. The average molecular weight is 389 g/mol. The molecule has 0 bridgehead atoms. The molecule has 2 aromatic rings. The summed E-state index contributed by atoms with van der Waals surface area (Å²) in [6.07, 6.45) is -0.581. The van der Waals surface area contributed by atoms with Gasteiger partial charge in [0, 0.05) is 15.7 Å². The van der Waals surface area contributed by atoms with Gasteiger partial charge in [-0.15, -0.1) is 0 Å². The van der Waals surface area contributed by atoms with Gasteiger partial charge in [-0.05, 0) is 71.2 Å². The van der Waals surface area contributed by atoms with E-state index in [9.17, 15) is 4.79 Å². The molecule has 0 spiro atoms. The van der Waals surface area contributed by atoms with Crippen molar-refractivity contribution in [3.8, 4) is 5.75 Å². The van der Waals surface area contributed by atoms with Gasteiger partial charge < -0.3 is 4.74 Å². The smallest absolute Gasteiger partial charge is 0.409 e. The molecule has 0 unspecified atom stereocenters. The van der Waals surface area contributed by atoms with Crippen molar-refractivity contribution in [3.63, 3.8) is 0 Å². The van der Waals surface area contributed by atoms with Crippen molar-refractivity contribution in [3.05, 3.63) is 56.0 Å². The van der Waals surface area contributed by atoms with Gasteiger partial charge in [-0.2, -0.15) is 0 Å². The molecular weight excluding hydrogens is 377 g/mol. The summed E-state index contributed by atoms with van der Waals surface area (Å²) in [4.78, 5) is 11.9. The van der Waals surface area contributed by atoms with E-state index in [2.05, 4.69) is 21.2 Å². The number of halogens is 3. The molecule has 0 aliphatic rings. The third-order valence-corrected chi connectivity index (χ3v) is 4.10. The Morgan fingerprint density at radius 2 is 1.86 bits per heavy atom. The van der Waals surface area contributed by atoms with Crippen molar-refractivity contribution in [2.45, 2.75) is 13.8 Å². The van der Waals surface area contributed by atoms with Crippen molar-refractivity contribution in [2.24, 2.45) is 0 Å². The summed E-state index contributed by atoms with van der Waals surface area (Å²) in [6, 6.07) is 8.57. The Labute approximate surface area is 141 Å². The number of aryl methyl sites for hydroxylation is 2. The predicted octanol–water partition coefficient (Wildman–Crippen LogP) is 5.98.